The van der Waals surface area contributed by atoms with Gasteiger partial charge in [-0.15, -0.1) is 0 Å². The Balaban J connectivity index is 2.42. The smallest absolute Gasteiger partial charge is 0.262 e. The minimum atomic E-state index is -4.24. The van der Waals surface area contributed by atoms with Gasteiger partial charge in [0.1, 0.15) is 17.5 Å². The Morgan fingerprint density at radius 1 is 0.857 bits per heavy atom. The number of nitrogens with one attached hydrogen (secondary N) is 1. The van der Waals surface area contributed by atoms with Crippen molar-refractivity contribution in [1.29, 1.82) is 0 Å². The fourth-order valence-corrected chi connectivity index (χ4v) is 3.08. The van der Waals surface area contributed by atoms with Gasteiger partial charge in [0.15, 0.2) is 0 Å². The Morgan fingerprint density at radius 3 is 2.10 bits per heavy atom. The Bertz CT molecular complexity index is 812. The molecule has 3 nitrogen and oxygen atoms in total. The van der Waals surface area contributed by atoms with Gasteiger partial charge in [-0.25, -0.2) is 21.6 Å². The van der Waals surface area contributed by atoms with Crippen molar-refractivity contribution in [3.05, 3.63) is 56.7 Å². The second-order valence-corrected chi connectivity index (χ2v) is 7.32. The fourth-order valence-electron chi connectivity index (χ4n) is 1.45. The van der Waals surface area contributed by atoms with Gasteiger partial charge in [-0.3, -0.25) is 4.72 Å². The maximum absolute atomic E-state index is 13.6. The van der Waals surface area contributed by atoms with Gasteiger partial charge < -0.3 is 0 Å². The molecule has 0 aromatic heterocycles. The molecule has 9 heteroatoms. The van der Waals surface area contributed by atoms with Crippen LogP contribution in [0.2, 0.25) is 0 Å². The topological polar surface area (TPSA) is 46.2 Å². The summed E-state index contributed by atoms with van der Waals surface area (Å²) in [7, 11) is -4.24. The number of halogens is 5. The molecule has 0 unspecified atom stereocenters. The Morgan fingerprint density at radius 2 is 1.48 bits per heavy atom. The third kappa shape index (κ3) is 3.58. The van der Waals surface area contributed by atoms with Crippen LogP contribution in [0.3, 0.4) is 0 Å². The molecule has 0 spiro atoms. The molecule has 0 saturated carbocycles. The summed E-state index contributed by atoms with van der Waals surface area (Å²) in [5.74, 6) is -2.60. The van der Waals surface area contributed by atoms with Crippen molar-refractivity contribution in [3.63, 3.8) is 0 Å². The lowest BCUT2D eigenvalue weighted by molar-refractivity contribution is 0.588. The molecule has 0 aliphatic carbocycles. The summed E-state index contributed by atoms with van der Waals surface area (Å²) in [6.07, 6.45) is 0. The van der Waals surface area contributed by atoms with E-state index in [0.29, 0.717) is 6.07 Å². The van der Waals surface area contributed by atoms with Crippen molar-refractivity contribution in [2.24, 2.45) is 0 Å². The van der Waals surface area contributed by atoms with Gasteiger partial charge in [0.05, 0.1) is 19.5 Å². The van der Waals surface area contributed by atoms with Crippen LogP contribution >= 0.6 is 31.9 Å². The van der Waals surface area contributed by atoms with E-state index in [9.17, 15) is 21.6 Å². The molecule has 0 radical (unpaired) electrons. The minimum Gasteiger partial charge on any atom is -0.277 e. The van der Waals surface area contributed by atoms with Crippen LogP contribution in [0.5, 0.6) is 0 Å². The van der Waals surface area contributed by atoms with Gasteiger partial charge in [0.25, 0.3) is 10.0 Å². The quantitative estimate of drug-likeness (QED) is 0.712. The van der Waals surface area contributed by atoms with E-state index < -0.39 is 38.1 Å². The first-order valence-corrected chi connectivity index (χ1v) is 8.40. The molecule has 2 aromatic carbocycles. The SMILES string of the molecule is O=S(=O)(Nc1cc(F)c(Br)cc1F)c1ccc(Br)c(F)c1. The van der Waals surface area contributed by atoms with Gasteiger partial charge in [0.2, 0.25) is 0 Å². The molecule has 0 bridgehead atoms. The van der Waals surface area contributed by atoms with Gasteiger partial charge in [-0.2, -0.15) is 0 Å². The molecular formula is C12H6Br2F3NO2S. The number of benzene rings is 2. The van der Waals surface area contributed by atoms with E-state index >= 15 is 0 Å². The van der Waals surface area contributed by atoms with Crippen LogP contribution in [0.4, 0.5) is 18.9 Å². The molecule has 112 valence electrons. The average Bonchev–Trinajstić information content (AvgIpc) is 2.39. The summed E-state index contributed by atoms with van der Waals surface area (Å²) < 4.78 is 66.2. The highest BCUT2D eigenvalue weighted by Gasteiger charge is 2.19. The lowest BCUT2D eigenvalue weighted by atomic mass is 10.3. The Labute approximate surface area is 135 Å². The maximum Gasteiger partial charge on any atom is 0.262 e. The van der Waals surface area contributed by atoms with Crippen LogP contribution in [-0.2, 0) is 10.0 Å². The largest absolute Gasteiger partial charge is 0.277 e. The summed E-state index contributed by atoms with van der Waals surface area (Å²) in [6.45, 7) is 0. The molecule has 0 amide bonds. The standard InChI is InChI=1S/C12H6Br2F3NO2S/c13-7-2-1-6(3-9(7)15)21(19,20)18-12-5-10(16)8(14)4-11(12)17/h1-5,18H. The number of rotatable bonds is 3. The molecule has 0 fully saturated rings. The molecule has 2 rings (SSSR count). The van der Waals surface area contributed by atoms with Crippen LogP contribution in [0, 0.1) is 17.5 Å². The van der Waals surface area contributed by atoms with E-state index in [-0.39, 0.29) is 8.95 Å². The zero-order chi connectivity index (χ0) is 15.8. The zero-order valence-electron chi connectivity index (χ0n) is 10.0. The highest BCUT2D eigenvalue weighted by molar-refractivity contribution is 9.10. The third-order valence-electron chi connectivity index (χ3n) is 2.46. The lowest BCUT2D eigenvalue weighted by Gasteiger charge is -2.10. The average molecular weight is 445 g/mol. The fraction of sp³-hybridized carbons (Fsp3) is 0. The summed E-state index contributed by atoms with van der Waals surface area (Å²) in [6, 6.07) is 4.56. The number of hydrogen-bond donors (Lipinski definition) is 1. The summed E-state index contributed by atoms with van der Waals surface area (Å²) in [4.78, 5) is -0.411. The molecule has 0 aliphatic rings. The number of anilines is 1. The molecule has 1 N–H and O–H groups in total. The van der Waals surface area contributed by atoms with Crippen LogP contribution in [0.1, 0.15) is 0 Å². The predicted octanol–water partition coefficient (Wildman–Crippen LogP) is 4.43. The number of sulfonamides is 1. The first-order chi connectivity index (χ1) is 9.70. The van der Waals surface area contributed by atoms with Gasteiger partial charge in [0, 0.05) is 6.07 Å². The molecule has 0 atom stereocenters. The molecule has 0 heterocycles. The van der Waals surface area contributed by atoms with E-state index in [1.165, 1.54) is 6.07 Å². The third-order valence-corrected chi connectivity index (χ3v) is 5.07. The second-order valence-electron chi connectivity index (χ2n) is 3.93. The van der Waals surface area contributed by atoms with Gasteiger partial charge >= 0.3 is 0 Å². The van der Waals surface area contributed by atoms with Gasteiger partial charge in [-0.1, -0.05) is 0 Å². The van der Waals surface area contributed by atoms with E-state index in [2.05, 4.69) is 31.9 Å². The monoisotopic (exact) mass is 443 g/mol. The molecule has 2 aromatic rings. The Hall–Kier alpha value is -1.06. The van der Waals surface area contributed by atoms with Crippen molar-refractivity contribution in [1.82, 2.24) is 0 Å². The van der Waals surface area contributed by atoms with Crippen molar-refractivity contribution < 1.29 is 21.6 Å². The van der Waals surface area contributed by atoms with Crippen molar-refractivity contribution in [2.45, 2.75) is 4.90 Å². The molecule has 0 saturated heterocycles. The first kappa shape index (κ1) is 16.3. The van der Waals surface area contributed by atoms with Crippen LogP contribution < -0.4 is 4.72 Å². The van der Waals surface area contributed by atoms with Crippen LogP contribution in [0.25, 0.3) is 0 Å². The highest BCUT2D eigenvalue weighted by atomic mass is 79.9. The van der Waals surface area contributed by atoms with Crippen LogP contribution in [-0.4, -0.2) is 8.42 Å². The Kier molecular flexibility index (Phi) is 4.64. The normalized spacial score (nSPS) is 11.5. The molecular weight excluding hydrogens is 439 g/mol. The van der Waals surface area contributed by atoms with Crippen molar-refractivity contribution in [2.75, 3.05) is 4.72 Å². The number of hydrogen-bond acceptors (Lipinski definition) is 2. The van der Waals surface area contributed by atoms with Crippen molar-refractivity contribution in [3.8, 4) is 0 Å². The predicted molar refractivity (Wildman–Crippen MR) is 79.0 cm³/mol. The zero-order valence-corrected chi connectivity index (χ0v) is 14.0. The molecule has 0 aliphatic heterocycles. The van der Waals surface area contributed by atoms with Crippen molar-refractivity contribution >= 4 is 47.6 Å². The summed E-state index contributed by atoms with van der Waals surface area (Å²) in [5.41, 5.74) is -0.570. The van der Waals surface area contributed by atoms with E-state index in [1.54, 1.807) is 0 Å². The second kappa shape index (κ2) is 5.98. The molecule has 21 heavy (non-hydrogen) atoms. The van der Waals surface area contributed by atoms with Crippen LogP contribution in [0.15, 0.2) is 44.2 Å². The van der Waals surface area contributed by atoms with E-state index in [4.69, 9.17) is 0 Å². The summed E-state index contributed by atoms with van der Waals surface area (Å²) in [5, 5.41) is 0. The lowest BCUT2D eigenvalue weighted by Crippen LogP contribution is -2.14. The first-order valence-electron chi connectivity index (χ1n) is 5.33. The highest BCUT2D eigenvalue weighted by Crippen LogP contribution is 2.26. The van der Waals surface area contributed by atoms with E-state index in [0.717, 1.165) is 18.2 Å². The minimum absolute atomic E-state index is 0.0855. The van der Waals surface area contributed by atoms with E-state index in [1.807, 2.05) is 4.72 Å². The van der Waals surface area contributed by atoms with Gasteiger partial charge in [-0.05, 0) is 56.1 Å². The maximum atomic E-state index is 13.6. The summed E-state index contributed by atoms with van der Waals surface area (Å²) >= 11 is 5.66.